The van der Waals surface area contributed by atoms with Crippen molar-refractivity contribution in [3.63, 3.8) is 0 Å². The predicted octanol–water partition coefficient (Wildman–Crippen LogP) is 3.23. The number of fused-ring (bicyclic) bond motifs is 1. The topological polar surface area (TPSA) is 141 Å². The summed E-state index contributed by atoms with van der Waals surface area (Å²) in [6, 6.07) is 2.67. The SMILES string of the molecule is COC(=O)C1=C(CN2CCN3C(=O)N(c4ncc(C(=O)O)s4)CC3C2)NC(c2nccs2)=NC1c1ccc(F)cc1Cl. The minimum absolute atomic E-state index is 0.0588. The number of piperazine rings is 1. The summed E-state index contributed by atoms with van der Waals surface area (Å²) in [6.07, 6.45) is 2.90. The summed E-state index contributed by atoms with van der Waals surface area (Å²) < 4.78 is 19.1. The number of ether oxygens (including phenoxy) is 1. The number of nitrogens with zero attached hydrogens (tertiary/aromatic N) is 6. The first kappa shape index (κ1) is 28.2. The largest absolute Gasteiger partial charge is 0.477 e. The molecular weight excluding hydrogens is 609 g/mol. The van der Waals surface area contributed by atoms with Gasteiger partial charge in [-0.25, -0.2) is 28.7 Å². The second kappa shape index (κ2) is 11.4. The average molecular weight is 632 g/mol. The Morgan fingerprint density at radius 2 is 2.10 bits per heavy atom. The van der Waals surface area contributed by atoms with Gasteiger partial charge in [0.1, 0.15) is 16.7 Å². The maximum atomic E-state index is 13.9. The number of benzene rings is 1. The molecule has 0 spiro atoms. The first-order valence-corrected chi connectivity index (χ1v) is 14.8. The molecule has 3 aliphatic heterocycles. The van der Waals surface area contributed by atoms with Crippen LogP contribution in [-0.2, 0) is 9.53 Å². The van der Waals surface area contributed by atoms with Crippen LogP contribution in [0.1, 0.15) is 26.3 Å². The molecule has 0 aliphatic carbocycles. The molecule has 6 rings (SSSR count). The standard InChI is InChI=1S/C26H23ClFN7O5S2/c1-40-24(38)19-17(31-21(22-29-4-7-41-22)32-20(19)15-3-2-13(28)8-16(15)27)12-33-5-6-34-14(10-33)11-35(26(34)39)25-30-9-18(42-25)23(36)37/h2-4,7-9,14,20H,5-6,10-12H2,1H3,(H,31,32)(H,36,37). The highest BCUT2D eigenvalue weighted by Gasteiger charge is 2.43. The molecule has 3 aromatic rings. The summed E-state index contributed by atoms with van der Waals surface area (Å²) in [5.41, 5.74) is 1.22. The Hall–Kier alpha value is -3.92. The molecule has 2 atom stereocenters. The Kier molecular flexibility index (Phi) is 7.66. The molecule has 16 heteroatoms. The van der Waals surface area contributed by atoms with Gasteiger partial charge in [0, 0.05) is 54.0 Å². The maximum Gasteiger partial charge on any atom is 0.347 e. The van der Waals surface area contributed by atoms with Crippen LogP contribution in [-0.4, -0.2) is 94.6 Å². The van der Waals surface area contributed by atoms with Crippen LogP contribution in [0.25, 0.3) is 0 Å². The van der Waals surface area contributed by atoms with E-state index in [0.29, 0.717) is 60.0 Å². The molecule has 2 N–H and O–H groups in total. The smallest absolute Gasteiger partial charge is 0.347 e. The number of thiazole rings is 2. The number of aliphatic imine (C=N–C) groups is 1. The highest BCUT2D eigenvalue weighted by Crippen LogP contribution is 2.37. The highest BCUT2D eigenvalue weighted by atomic mass is 35.5. The lowest BCUT2D eigenvalue weighted by Crippen LogP contribution is -2.53. The van der Waals surface area contributed by atoms with Crippen LogP contribution in [0.5, 0.6) is 0 Å². The van der Waals surface area contributed by atoms with Crippen LogP contribution in [0.2, 0.25) is 5.02 Å². The number of urea groups is 1. The molecule has 0 radical (unpaired) electrons. The first-order chi connectivity index (χ1) is 20.2. The second-order valence-corrected chi connectivity index (χ2v) is 12.0. The van der Waals surface area contributed by atoms with E-state index in [0.717, 1.165) is 11.3 Å². The van der Waals surface area contributed by atoms with E-state index in [9.17, 15) is 23.9 Å². The van der Waals surface area contributed by atoms with Crippen molar-refractivity contribution in [1.82, 2.24) is 25.1 Å². The summed E-state index contributed by atoms with van der Waals surface area (Å²) in [4.78, 5) is 56.3. The van der Waals surface area contributed by atoms with E-state index in [1.807, 2.05) is 5.38 Å². The van der Waals surface area contributed by atoms with Crippen LogP contribution in [0.4, 0.5) is 14.3 Å². The van der Waals surface area contributed by atoms with Crippen LogP contribution >= 0.6 is 34.3 Å². The maximum absolute atomic E-state index is 13.9. The number of esters is 1. The minimum atomic E-state index is -1.09. The molecule has 0 saturated carbocycles. The number of halogens is 2. The number of amides is 2. The number of methoxy groups -OCH3 is 1. The lowest BCUT2D eigenvalue weighted by molar-refractivity contribution is -0.136. The van der Waals surface area contributed by atoms with Gasteiger partial charge in [-0.1, -0.05) is 29.0 Å². The average Bonchev–Trinajstić information content (AvgIpc) is 3.73. The molecule has 42 heavy (non-hydrogen) atoms. The van der Waals surface area contributed by atoms with Crippen molar-refractivity contribution >= 4 is 63.2 Å². The fourth-order valence-electron chi connectivity index (χ4n) is 5.26. The Balaban J connectivity index is 1.29. The zero-order valence-electron chi connectivity index (χ0n) is 22.0. The number of nitrogens with one attached hydrogen (secondary N) is 1. The molecule has 2 saturated heterocycles. The lowest BCUT2D eigenvalue weighted by atomic mass is 9.95. The monoisotopic (exact) mass is 631 g/mol. The molecular formula is C26H23ClFN7O5S2. The van der Waals surface area contributed by atoms with Gasteiger partial charge < -0.3 is 20.1 Å². The van der Waals surface area contributed by atoms with Crippen molar-refractivity contribution in [3.8, 4) is 0 Å². The molecule has 2 amide bonds. The zero-order valence-corrected chi connectivity index (χ0v) is 24.4. The Morgan fingerprint density at radius 3 is 2.79 bits per heavy atom. The van der Waals surface area contributed by atoms with E-state index in [2.05, 4.69) is 20.2 Å². The number of anilines is 1. The van der Waals surface area contributed by atoms with Crippen molar-refractivity contribution in [2.45, 2.75) is 12.1 Å². The molecule has 2 fully saturated rings. The minimum Gasteiger partial charge on any atom is -0.477 e. The molecule has 2 aromatic heterocycles. The van der Waals surface area contributed by atoms with Gasteiger partial charge in [-0.05, 0) is 12.1 Å². The number of hydrogen-bond acceptors (Lipinski definition) is 11. The number of carbonyl (C=O) groups is 3. The van der Waals surface area contributed by atoms with Gasteiger partial charge in [0.25, 0.3) is 0 Å². The number of hydrogen-bond donors (Lipinski definition) is 2. The third-order valence-corrected chi connectivity index (χ3v) is 9.29. The van der Waals surface area contributed by atoms with E-state index < -0.39 is 23.8 Å². The number of aromatic carboxylic acids is 1. The highest BCUT2D eigenvalue weighted by molar-refractivity contribution is 7.17. The van der Waals surface area contributed by atoms with E-state index in [1.165, 1.54) is 47.7 Å². The van der Waals surface area contributed by atoms with Gasteiger partial charge in [0.05, 0.1) is 31.5 Å². The quantitative estimate of drug-likeness (QED) is 0.376. The molecule has 0 bridgehead atoms. The van der Waals surface area contributed by atoms with Crippen molar-refractivity contribution in [1.29, 1.82) is 0 Å². The van der Waals surface area contributed by atoms with Crippen molar-refractivity contribution in [3.05, 3.63) is 73.5 Å². The summed E-state index contributed by atoms with van der Waals surface area (Å²) in [6.45, 7) is 2.07. The van der Waals surface area contributed by atoms with E-state index in [4.69, 9.17) is 21.3 Å². The normalized spacial score (nSPS) is 20.8. The van der Waals surface area contributed by atoms with Gasteiger partial charge in [0.2, 0.25) is 0 Å². The van der Waals surface area contributed by atoms with Crippen molar-refractivity contribution in [2.75, 3.05) is 44.7 Å². The molecule has 12 nitrogen and oxygen atoms in total. The third-order valence-electron chi connectivity index (χ3n) is 7.18. The number of carboxylic acid groups (broad SMARTS) is 1. The second-order valence-electron chi connectivity index (χ2n) is 9.68. The fourth-order valence-corrected chi connectivity index (χ4v) is 6.87. The molecule has 5 heterocycles. The molecule has 2 unspecified atom stereocenters. The van der Waals surface area contributed by atoms with Crippen LogP contribution in [0.15, 0.2) is 52.2 Å². The van der Waals surface area contributed by atoms with Gasteiger partial charge in [-0.15, -0.1) is 11.3 Å². The Labute approximate surface area is 251 Å². The molecule has 3 aliphatic rings. The fraction of sp³-hybridized carbons (Fsp3) is 0.308. The van der Waals surface area contributed by atoms with Crippen LogP contribution < -0.4 is 10.2 Å². The van der Waals surface area contributed by atoms with Gasteiger partial charge in [-0.2, -0.15) is 0 Å². The Morgan fingerprint density at radius 1 is 1.26 bits per heavy atom. The number of aromatic nitrogens is 2. The van der Waals surface area contributed by atoms with Crippen molar-refractivity contribution in [2.24, 2.45) is 4.99 Å². The predicted molar refractivity (Wildman–Crippen MR) is 154 cm³/mol. The summed E-state index contributed by atoms with van der Waals surface area (Å²) in [5.74, 6) is -1.77. The molecule has 218 valence electrons. The zero-order chi connectivity index (χ0) is 29.5. The van der Waals surface area contributed by atoms with Crippen LogP contribution in [0.3, 0.4) is 0 Å². The van der Waals surface area contributed by atoms with Gasteiger partial charge in [-0.3, -0.25) is 14.8 Å². The van der Waals surface area contributed by atoms with E-state index >= 15 is 0 Å². The number of carbonyl (C=O) groups excluding carboxylic acids is 2. The summed E-state index contributed by atoms with van der Waals surface area (Å²) in [5, 5.41) is 15.4. The lowest BCUT2D eigenvalue weighted by Gasteiger charge is -2.38. The molecule has 1 aromatic carbocycles. The van der Waals surface area contributed by atoms with Gasteiger partial charge >= 0.3 is 18.0 Å². The van der Waals surface area contributed by atoms with Crippen LogP contribution in [0, 0.1) is 5.82 Å². The van der Waals surface area contributed by atoms with E-state index in [1.54, 1.807) is 11.1 Å². The first-order valence-electron chi connectivity index (χ1n) is 12.7. The summed E-state index contributed by atoms with van der Waals surface area (Å²) in [7, 11) is 1.28. The van der Waals surface area contributed by atoms with Gasteiger partial charge in [0.15, 0.2) is 16.0 Å². The number of rotatable bonds is 7. The summed E-state index contributed by atoms with van der Waals surface area (Å²) >= 11 is 8.76. The number of carboxylic acids is 1. The Bertz CT molecular complexity index is 1630. The number of amidine groups is 1. The third kappa shape index (κ3) is 5.24. The van der Waals surface area contributed by atoms with E-state index in [-0.39, 0.29) is 27.5 Å². The van der Waals surface area contributed by atoms with Crippen molar-refractivity contribution < 1.29 is 28.6 Å².